The highest BCUT2D eigenvalue weighted by Crippen LogP contribution is 2.36. The van der Waals surface area contributed by atoms with Gasteiger partial charge in [-0.3, -0.25) is 4.79 Å². The summed E-state index contributed by atoms with van der Waals surface area (Å²) in [4.78, 5) is 10.5. The van der Waals surface area contributed by atoms with Gasteiger partial charge in [0.2, 0.25) is 0 Å². The third-order valence-electron chi connectivity index (χ3n) is 2.33. The van der Waals surface area contributed by atoms with Crippen LogP contribution in [0.4, 0.5) is 26.3 Å². The molecule has 0 aliphatic carbocycles. The van der Waals surface area contributed by atoms with Gasteiger partial charge < -0.3 is 5.11 Å². The summed E-state index contributed by atoms with van der Waals surface area (Å²) in [5, 5.41) is 6.91. The molecular weight excluding hydrogens is 314 g/mol. The Morgan fingerprint density at radius 3 is 1.75 bits per heavy atom. The van der Waals surface area contributed by atoms with Crippen LogP contribution in [0, 0.1) is 0 Å². The second kappa shape index (κ2) is 5.51. The van der Waals surface area contributed by atoms with Crippen LogP contribution < -0.4 is 0 Å². The van der Waals surface area contributed by atoms with Crippen LogP contribution in [0.25, 0.3) is 0 Å². The van der Waals surface area contributed by atoms with E-state index in [1.54, 1.807) is 0 Å². The van der Waals surface area contributed by atoms with E-state index in [9.17, 15) is 31.1 Å². The van der Waals surface area contributed by atoms with E-state index >= 15 is 0 Å². The van der Waals surface area contributed by atoms with Crippen molar-refractivity contribution >= 4 is 17.6 Å². The molecule has 0 aliphatic heterocycles. The lowest BCUT2D eigenvalue weighted by Crippen LogP contribution is -2.18. The van der Waals surface area contributed by atoms with Crippen LogP contribution in [0.15, 0.2) is 18.2 Å². The van der Waals surface area contributed by atoms with Crippen LogP contribution in [0.3, 0.4) is 0 Å². The molecule has 2 nitrogen and oxygen atoms in total. The van der Waals surface area contributed by atoms with E-state index in [-0.39, 0.29) is 6.07 Å². The summed E-state index contributed by atoms with van der Waals surface area (Å²) in [5.74, 6) is -1.53. The van der Waals surface area contributed by atoms with Gasteiger partial charge in [0.25, 0.3) is 0 Å². The Morgan fingerprint density at radius 1 is 1.05 bits per heavy atom. The number of hydrogen-bond donors (Lipinski definition) is 1. The molecule has 0 amide bonds. The third-order valence-corrected chi connectivity index (χ3v) is 2.67. The third kappa shape index (κ3) is 4.29. The van der Waals surface area contributed by atoms with E-state index < -0.39 is 46.8 Å². The number of alkyl halides is 7. The van der Waals surface area contributed by atoms with Crippen molar-refractivity contribution in [2.45, 2.75) is 24.2 Å². The molecule has 0 radical (unpaired) electrons. The number of carbonyl (C=O) groups is 1. The van der Waals surface area contributed by atoms with Crippen molar-refractivity contribution in [3.8, 4) is 0 Å². The molecule has 112 valence electrons. The molecule has 0 aromatic heterocycles. The first-order valence-corrected chi connectivity index (χ1v) is 5.50. The van der Waals surface area contributed by atoms with E-state index in [0.717, 1.165) is 0 Å². The quantitative estimate of drug-likeness (QED) is 0.676. The van der Waals surface area contributed by atoms with Gasteiger partial charge in [0.05, 0.1) is 11.1 Å². The Balaban J connectivity index is 3.28. The Kier molecular flexibility index (Phi) is 4.58. The zero-order chi connectivity index (χ0) is 15.7. The lowest BCUT2D eigenvalue weighted by atomic mass is 10.0. The van der Waals surface area contributed by atoms with Gasteiger partial charge in [-0.05, 0) is 30.2 Å². The van der Waals surface area contributed by atoms with Crippen molar-refractivity contribution in [3.63, 3.8) is 0 Å². The largest absolute Gasteiger partial charge is 0.480 e. The molecule has 0 spiro atoms. The summed E-state index contributed by atoms with van der Waals surface area (Å²) in [7, 11) is 0. The Morgan fingerprint density at radius 2 is 1.45 bits per heavy atom. The van der Waals surface area contributed by atoms with E-state index in [1.165, 1.54) is 0 Å². The van der Waals surface area contributed by atoms with E-state index in [2.05, 4.69) is 0 Å². The van der Waals surface area contributed by atoms with E-state index in [1.807, 2.05) is 0 Å². The molecule has 0 saturated heterocycles. The number of hydrogen-bond acceptors (Lipinski definition) is 1. The fourth-order valence-corrected chi connectivity index (χ4v) is 1.61. The van der Waals surface area contributed by atoms with Crippen LogP contribution >= 0.6 is 11.6 Å². The number of halogens is 7. The first kappa shape index (κ1) is 16.6. The van der Waals surface area contributed by atoms with Gasteiger partial charge in [-0.25, -0.2) is 0 Å². The van der Waals surface area contributed by atoms with E-state index in [4.69, 9.17) is 16.7 Å². The molecule has 20 heavy (non-hydrogen) atoms. The van der Waals surface area contributed by atoms with Crippen molar-refractivity contribution in [2.24, 2.45) is 0 Å². The molecule has 0 bridgehead atoms. The summed E-state index contributed by atoms with van der Waals surface area (Å²) >= 11 is 5.32. The van der Waals surface area contributed by atoms with Crippen LogP contribution in [0.1, 0.15) is 16.7 Å². The Labute approximate surface area is 114 Å². The molecule has 1 aromatic carbocycles. The summed E-state index contributed by atoms with van der Waals surface area (Å²) in [6, 6.07) is 0.870. The zero-order valence-corrected chi connectivity index (χ0v) is 10.3. The van der Waals surface area contributed by atoms with E-state index in [0.29, 0.717) is 12.1 Å². The predicted octanol–water partition coefficient (Wildman–Crippen LogP) is 3.96. The maximum absolute atomic E-state index is 12.5. The smallest absolute Gasteiger partial charge is 0.416 e. The second-order valence-electron chi connectivity index (χ2n) is 3.92. The normalized spacial score (nSPS) is 14.2. The topological polar surface area (TPSA) is 37.3 Å². The molecule has 0 fully saturated rings. The maximum Gasteiger partial charge on any atom is 0.416 e. The van der Waals surface area contributed by atoms with Crippen LogP contribution in [-0.4, -0.2) is 16.5 Å². The molecule has 0 aliphatic rings. The van der Waals surface area contributed by atoms with Gasteiger partial charge in [0.15, 0.2) is 0 Å². The maximum atomic E-state index is 12.5. The average Bonchev–Trinajstić information content (AvgIpc) is 2.26. The van der Waals surface area contributed by atoms with Gasteiger partial charge in [0, 0.05) is 0 Å². The van der Waals surface area contributed by atoms with Gasteiger partial charge >= 0.3 is 18.3 Å². The summed E-state index contributed by atoms with van der Waals surface area (Å²) in [6.45, 7) is 0. The minimum atomic E-state index is -4.97. The lowest BCUT2D eigenvalue weighted by Gasteiger charge is -2.14. The Bertz CT molecular complexity index is 476. The summed E-state index contributed by atoms with van der Waals surface area (Å²) < 4.78 is 75.1. The first-order chi connectivity index (χ1) is 8.91. The molecule has 1 atom stereocenters. The van der Waals surface area contributed by atoms with Crippen LogP contribution in [0.2, 0.25) is 0 Å². The fraction of sp³-hybridized carbons (Fsp3) is 0.364. The molecule has 0 saturated carbocycles. The number of aliphatic carboxylic acids is 1. The van der Waals surface area contributed by atoms with Crippen molar-refractivity contribution in [2.75, 3.05) is 0 Å². The van der Waals surface area contributed by atoms with Crippen molar-refractivity contribution in [1.29, 1.82) is 0 Å². The number of benzene rings is 1. The highest BCUT2D eigenvalue weighted by molar-refractivity contribution is 6.29. The SMILES string of the molecule is O=C(O)C(Cl)Cc1cc(C(F)(F)F)cc(C(F)(F)F)c1. The first-order valence-electron chi connectivity index (χ1n) is 5.06. The molecule has 1 rings (SSSR count). The minimum absolute atomic E-state index is 0.0342. The number of carboxylic acids is 1. The van der Waals surface area contributed by atoms with Gasteiger partial charge in [-0.2, -0.15) is 26.3 Å². The van der Waals surface area contributed by atoms with Crippen LogP contribution in [-0.2, 0) is 23.6 Å². The van der Waals surface area contributed by atoms with Gasteiger partial charge in [-0.1, -0.05) is 0 Å². The number of rotatable bonds is 3. The molecule has 1 N–H and O–H groups in total. The standard InChI is InChI=1S/C11H7ClF6O2/c12-8(9(19)20)3-5-1-6(10(13,14)15)4-7(2-5)11(16,17)18/h1-2,4,8H,3H2,(H,19,20). The highest BCUT2D eigenvalue weighted by atomic mass is 35.5. The lowest BCUT2D eigenvalue weighted by molar-refractivity contribution is -0.143. The number of carboxylic acid groups (broad SMARTS) is 1. The zero-order valence-electron chi connectivity index (χ0n) is 9.52. The second-order valence-corrected chi connectivity index (χ2v) is 4.45. The van der Waals surface area contributed by atoms with Gasteiger partial charge in [-0.15, -0.1) is 11.6 Å². The molecule has 1 unspecified atom stereocenters. The molecule has 0 heterocycles. The highest BCUT2D eigenvalue weighted by Gasteiger charge is 2.37. The van der Waals surface area contributed by atoms with Crippen molar-refractivity contribution in [1.82, 2.24) is 0 Å². The van der Waals surface area contributed by atoms with Gasteiger partial charge in [0.1, 0.15) is 5.38 Å². The average molecular weight is 321 g/mol. The molecule has 1 aromatic rings. The Hall–Kier alpha value is -1.44. The monoisotopic (exact) mass is 320 g/mol. The predicted molar refractivity (Wildman–Crippen MR) is 57.4 cm³/mol. The minimum Gasteiger partial charge on any atom is -0.480 e. The molecule has 9 heteroatoms. The summed E-state index contributed by atoms with van der Waals surface area (Å²) in [6.07, 6.45) is -10.6. The fourth-order valence-electron chi connectivity index (χ4n) is 1.43. The van der Waals surface area contributed by atoms with Crippen molar-refractivity contribution in [3.05, 3.63) is 34.9 Å². The molecular formula is C11H7ClF6O2. The summed E-state index contributed by atoms with van der Waals surface area (Å²) in [5.41, 5.74) is -3.46. The van der Waals surface area contributed by atoms with Crippen LogP contribution in [0.5, 0.6) is 0 Å². The van der Waals surface area contributed by atoms with Crippen molar-refractivity contribution < 1.29 is 36.2 Å².